The van der Waals surface area contributed by atoms with Crippen molar-refractivity contribution in [2.75, 3.05) is 0 Å². The molecule has 1 saturated heterocycles. The van der Waals surface area contributed by atoms with Crippen LogP contribution in [0.5, 0.6) is 0 Å². The second-order valence-electron chi connectivity index (χ2n) is 3.97. The van der Waals surface area contributed by atoms with Gasteiger partial charge in [0.2, 0.25) is 0 Å². The third-order valence-electron chi connectivity index (χ3n) is 2.72. The van der Waals surface area contributed by atoms with Crippen molar-refractivity contribution in [2.24, 2.45) is 0 Å². The van der Waals surface area contributed by atoms with Gasteiger partial charge in [-0.25, -0.2) is 0 Å². The van der Waals surface area contributed by atoms with Gasteiger partial charge in [-0.15, -0.1) is 0 Å². The molecule has 1 fully saturated rings. The summed E-state index contributed by atoms with van der Waals surface area (Å²) in [7, 11) is 0. The summed E-state index contributed by atoms with van der Waals surface area (Å²) in [5, 5.41) is 8.97. The van der Waals surface area contributed by atoms with Crippen LogP contribution in [0.4, 0.5) is 0 Å². The van der Waals surface area contributed by atoms with E-state index in [2.05, 4.69) is 36.9 Å². The summed E-state index contributed by atoms with van der Waals surface area (Å²) in [5.41, 5.74) is 1.26. The van der Waals surface area contributed by atoms with Gasteiger partial charge in [0, 0.05) is 6.04 Å². The molecule has 14 heavy (non-hydrogen) atoms. The lowest BCUT2D eigenvalue weighted by Gasteiger charge is -2.06. The van der Waals surface area contributed by atoms with E-state index in [0.29, 0.717) is 12.1 Å². The summed E-state index contributed by atoms with van der Waals surface area (Å²) in [5.74, 6) is 0. The monoisotopic (exact) mass is 186 g/mol. The fourth-order valence-corrected chi connectivity index (χ4v) is 2.03. The highest BCUT2D eigenvalue weighted by Crippen LogP contribution is 2.44. The van der Waals surface area contributed by atoms with Crippen LogP contribution in [0.1, 0.15) is 25.5 Å². The minimum absolute atomic E-state index is 0.0809. The van der Waals surface area contributed by atoms with E-state index >= 15 is 0 Å². The molecule has 1 heterocycles. The van der Waals surface area contributed by atoms with E-state index < -0.39 is 0 Å². The molecular weight excluding hydrogens is 172 g/mol. The fraction of sp³-hybridized carbons (Fsp3) is 0.417. The molecule has 0 spiro atoms. The van der Waals surface area contributed by atoms with Crippen LogP contribution in [0.15, 0.2) is 30.3 Å². The van der Waals surface area contributed by atoms with Crippen molar-refractivity contribution in [3.8, 4) is 6.07 Å². The van der Waals surface area contributed by atoms with E-state index in [4.69, 9.17) is 5.26 Å². The van der Waals surface area contributed by atoms with Crippen molar-refractivity contribution in [3.05, 3.63) is 35.9 Å². The predicted octanol–water partition coefficient (Wildman–Crippen LogP) is 2.34. The normalized spacial score (nSPS) is 30.0. The maximum Gasteiger partial charge on any atom is 0.119 e. The molecule has 2 heteroatoms. The van der Waals surface area contributed by atoms with Gasteiger partial charge in [0.05, 0.1) is 12.1 Å². The first kappa shape index (κ1) is 9.23. The van der Waals surface area contributed by atoms with Crippen molar-refractivity contribution >= 4 is 0 Å². The van der Waals surface area contributed by atoms with E-state index in [1.54, 1.807) is 0 Å². The maximum atomic E-state index is 8.97. The maximum absolute atomic E-state index is 8.97. The molecule has 3 atom stereocenters. The summed E-state index contributed by atoms with van der Waals surface area (Å²) in [4.78, 5) is 2.23. The summed E-state index contributed by atoms with van der Waals surface area (Å²) in [6.45, 7) is 4.26. The van der Waals surface area contributed by atoms with E-state index in [-0.39, 0.29) is 6.04 Å². The quantitative estimate of drug-likeness (QED) is 0.663. The molecule has 0 saturated carbocycles. The fourth-order valence-electron chi connectivity index (χ4n) is 2.03. The second kappa shape index (κ2) is 3.43. The molecule has 2 nitrogen and oxygen atoms in total. The number of nitrogens with zero attached hydrogens (tertiary/aromatic N) is 2. The molecule has 1 aromatic rings. The lowest BCUT2D eigenvalue weighted by atomic mass is 10.1. The van der Waals surface area contributed by atoms with Crippen LogP contribution in [-0.4, -0.2) is 17.0 Å². The van der Waals surface area contributed by atoms with Crippen molar-refractivity contribution in [2.45, 2.75) is 32.0 Å². The van der Waals surface area contributed by atoms with E-state index in [0.717, 1.165) is 0 Å². The van der Waals surface area contributed by atoms with Gasteiger partial charge in [0.15, 0.2) is 0 Å². The molecular formula is C12H14N2. The highest BCUT2D eigenvalue weighted by Gasteiger charge is 2.50. The Labute approximate surface area is 84.8 Å². The average Bonchev–Trinajstić information content (AvgIpc) is 2.93. The molecule has 0 radical (unpaired) electrons. The first-order chi connectivity index (χ1) is 6.75. The van der Waals surface area contributed by atoms with Gasteiger partial charge in [-0.3, -0.25) is 4.90 Å². The predicted molar refractivity (Wildman–Crippen MR) is 55.6 cm³/mol. The van der Waals surface area contributed by atoms with Gasteiger partial charge in [-0.2, -0.15) is 5.26 Å². The van der Waals surface area contributed by atoms with Gasteiger partial charge in [-0.05, 0) is 19.4 Å². The standard InChI is InChI=1S/C12H14N2/c1-9(2)14-11(8-13)12(14)10-6-4-3-5-7-10/h3-7,9,11-12H,1-2H3/t11-,12-,14?/m0/s1. The summed E-state index contributed by atoms with van der Waals surface area (Å²) >= 11 is 0. The largest absolute Gasteiger partial charge is 0.274 e. The Morgan fingerprint density at radius 3 is 2.36 bits per heavy atom. The molecule has 0 aliphatic carbocycles. The zero-order valence-electron chi connectivity index (χ0n) is 8.51. The molecule has 1 aliphatic heterocycles. The molecule has 72 valence electrons. The summed E-state index contributed by atoms with van der Waals surface area (Å²) < 4.78 is 0. The van der Waals surface area contributed by atoms with Crippen LogP contribution in [0.3, 0.4) is 0 Å². The number of benzene rings is 1. The Morgan fingerprint density at radius 1 is 1.29 bits per heavy atom. The van der Waals surface area contributed by atoms with E-state index in [1.165, 1.54) is 5.56 Å². The second-order valence-corrected chi connectivity index (χ2v) is 3.97. The van der Waals surface area contributed by atoms with Crippen LogP contribution < -0.4 is 0 Å². The number of nitriles is 1. The summed E-state index contributed by atoms with van der Waals surface area (Å²) in [6, 6.07) is 13.4. The van der Waals surface area contributed by atoms with Crippen molar-refractivity contribution in [3.63, 3.8) is 0 Å². The van der Waals surface area contributed by atoms with Crippen molar-refractivity contribution in [1.29, 1.82) is 5.26 Å². The average molecular weight is 186 g/mol. The molecule has 0 N–H and O–H groups in total. The van der Waals surface area contributed by atoms with Gasteiger partial charge >= 0.3 is 0 Å². The highest BCUT2D eigenvalue weighted by molar-refractivity contribution is 5.31. The lowest BCUT2D eigenvalue weighted by molar-refractivity contribution is 0.413. The smallest absolute Gasteiger partial charge is 0.119 e. The minimum Gasteiger partial charge on any atom is -0.274 e. The van der Waals surface area contributed by atoms with Gasteiger partial charge in [-0.1, -0.05) is 30.3 Å². The summed E-state index contributed by atoms with van der Waals surface area (Å²) in [6.07, 6.45) is 0. The van der Waals surface area contributed by atoms with Crippen LogP contribution in [0, 0.1) is 11.3 Å². The van der Waals surface area contributed by atoms with Gasteiger partial charge in [0.25, 0.3) is 0 Å². The molecule has 0 aromatic heterocycles. The number of hydrogen-bond donors (Lipinski definition) is 0. The molecule has 0 amide bonds. The number of rotatable bonds is 2. The molecule has 1 aliphatic rings. The molecule has 0 bridgehead atoms. The Kier molecular flexibility index (Phi) is 2.26. The SMILES string of the molecule is CC(C)N1[C@@H](C#N)[C@@H]1c1ccccc1. The van der Waals surface area contributed by atoms with E-state index in [9.17, 15) is 0 Å². The van der Waals surface area contributed by atoms with E-state index in [1.807, 2.05) is 18.2 Å². The zero-order chi connectivity index (χ0) is 10.1. The highest BCUT2D eigenvalue weighted by atomic mass is 15.4. The molecule has 1 aromatic carbocycles. The third-order valence-corrected chi connectivity index (χ3v) is 2.72. The zero-order valence-corrected chi connectivity index (χ0v) is 8.51. The van der Waals surface area contributed by atoms with Gasteiger partial charge in [0.1, 0.15) is 6.04 Å². The number of hydrogen-bond acceptors (Lipinski definition) is 2. The van der Waals surface area contributed by atoms with Crippen molar-refractivity contribution < 1.29 is 0 Å². The Morgan fingerprint density at radius 2 is 1.93 bits per heavy atom. The third kappa shape index (κ3) is 1.40. The first-order valence-corrected chi connectivity index (χ1v) is 4.97. The van der Waals surface area contributed by atoms with Gasteiger partial charge < -0.3 is 0 Å². The van der Waals surface area contributed by atoms with Crippen LogP contribution in [0.2, 0.25) is 0 Å². The first-order valence-electron chi connectivity index (χ1n) is 4.97. The molecule has 1 unspecified atom stereocenters. The Hall–Kier alpha value is -1.33. The van der Waals surface area contributed by atoms with Crippen molar-refractivity contribution in [1.82, 2.24) is 4.90 Å². The van der Waals surface area contributed by atoms with Crippen LogP contribution in [0.25, 0.3) is 0 Å². The minimum atomic E-state index is 0.0809. The van der Waals surface area contributed by atoms with Crippen LogP contribution in [-0.2, 0) is 0 Å². The molecule has 2 rings (SSSR count). The Balaban J connectivity index is 2.19. The Bertz CT molecular complexity index is 350. The topological polar surface area (TPSA) is 26.8 Å². The lowest BCUT2D eigenvalue weighted by Crippen LogP contribution is -2.11. The van der Waals surface area contributed by atoms with Crippen LogP contribution >= 0.6 is 0 Å².